The summed E-state index contributed by atoms with van der Waals surface area (Å²) in [5.41, 5.74) is 6.08. The summed E-state index contributed by atoms with van der Waals surface area (Å²) in [4.78, 5) is 0. The summed E-state index contributed by atoms with van der Waals surface area (Å²) in [5.74, 6) is 0.937. The molecule has 3 N–H and O–H groups in total. The van der Waals surface area contributed by atoms with Crippen molar-refractivity contribution >= 4 is 0 Å². The maximum absolute atomic E-state index is 6.08. The Morgan fingerprint density at radius 1 is 1.06 bits per heavy atom. The van der Waals surface area contributed by atoms with Gasteiger partial charge < -0.3 is 11.1 Å². The second-order valence-corrected chi connectivity index (χ2v) is 6.20. The highest BCUT2D eigenvalue weighted by atomic mass is 15.0. The number of nitrogens with two attached hydrogens (primary N) is 1. The third-order valence-electron chi connectivity index (χ3n) is 4.82. The lowest BCUT2D eigenvalue weighted by Crippen LogP contribution is -2.47. The topological polar surface area (TPSA) is 38.0 Å². The molecule has 0 spiro atoms. The molecule has 3 unspecified atom stereocenters. The molecule has 0 aromatic carbocycles. The molecule has 100 valence electrons. The zero-order chi connectivity index (χ0) is 12.1. The zero-order valence-electron chi connectivity index (χ0n) is 11.5. The van der Waals surface area contributed by atoms with Crippen LogP contribution < -0.4 is 11.1 Å². The number of rotatable bonds is 4. The number of hydrogen-bond acceptors (Lipinski definition) is 2. The molecular weight excluding hydrogens is 208 g/mol. The Hall–Kier alpha value is -0.0800. The van der Waals surface area contributed by atoms with Crippen molar-refractivity contribution < 1.29 is 0 Å². The van der Waals surface area contributed by atoms with Crippen molar-refractivity contribution in [2.45, 2.75) is 89.3 Å². The molecule has 0 amide bonds. The summed E-state index contributed by atoms with van der Waals surface area (Å²) in [7, 11) is 0. The highest BCUT2D eigenvalue weighted by molar-refractivity contribution is 4.86. The fourth-order valence-electron chi connectivity index (χ4n) is 3.81. The van der Waals surface area contributed by atoms with Gasteiger partial charge in [-0.15, -0.1) is 0 Å². The molecule has 2 aliphatic carbocycles. The summed E-state index contributed by atoms with van der Waals surface area (Å²) in [6.07, 6.45) is 13.6. The van der Waals surface area contributed by atoms with Crippen molar-refractivity contribution in [2.24, 2.45) is 11.7 Å². The smallest absolute Gasteiger partial charge is 0.00953 e. The second kappa shape index (κ2) is 6.75. The predicted octanol–water partition coefficient (Wildman–Crippen LogP) is 3.20. The van der Waals surface area contributed by atoms with E-state index >= 15 is 0 Å². The van der Waals surface area contributed by atoms with Gasteiger partial charge in [-0.25, -0.2) is 0 Å². The van der Waals surface area contributed by atoms with Crippen LogP contribution in [0.25, 0.3) is 0 Å². The molecule has 17 heavy (non-hydrogen) atoms. The van der Waals surface area contributed by atoms with Crippen LogP contribution in [0, 0.1) is 5.92 Å². The molecule has 0 radical (unpaired) electrons. The van der Waals surface area contributed by atoms with E-state index in [1.54, 1.807) is 0 Å². The van der Waals surface area contributed by atoms with Crippen molar-refractivity contribution in [3.8, 4) is 0 Å². The van der Waals surface area contributed by atoms with E-state index in [1.807, 2.05) is 0 Å². The van der Waals surface area contributed by atoms with Gasteiger partial charge in [-0.05, 0) is 44.4 Å². The third-order valence-corrected chi connectivity index (χ3v) is 4.82. The van der Waals surface area contributed by atoms with Crippen LogP contribution in [-0.4, -0.2) is 18.1 Å². The van der Waals surface area contributed by atoms with Crippen LogP contribution >= 0.6 is 0 Å². The largest absolute Gasteiger partial charge is 0.328 e. The first-order chi connectivity index (χ1) is 8.29. The SMILES string of the molecule is CCC(NC1CCCC(N)C1)C1CCCCC1. The van der Waals surface area contributed by atoms with Gasteiger partial charge in [-0.1, -0.05) is 32.6 Å². The quantitative estimate of drug-likeness (QED) is 0.789. The molecule has 2 heteroatoms. The maximum atomic E-state index is 6.08. The molecule has 0 saturated heterocycles. The van der Waals surface area contributed by atoms with Crippen LogP contribution in [0.2, 0.25) is 0 Å². The van der Waals surface area contributed by atoms with Crippen molar-refractivity contribution in [1.29, 1.82) is 0 Å². The highest BCUT2D eigenvalue weighted by Crippen LogP contribution is 2.29. The summed E-state index contributed by atoms with van der Waals surface area (Å²) in [6.45, 7) is 2.34. The van der Waals surface area contributed by atoms with Gasteiger partial charge in [0.1, 0.15) is 0 Å². The fourth-order valence-corrected chi connectivity index (χ4v) is 3.81. The first-order valence-electron chi connectivity index (χ1n) is 7.81. The molecule has 2 nitrogen and oxygen atoms in total. The normalized spacial score (nSPS) is 33.5. The molecule has 2 aliphatic rings. The van der Waals surface area contributed by atoms with Crippen molar-refractivity contribution in [3.63, 3.8) is 0 Å². The average molecular weight is 238 g/mol. The van der Waals surface area contributed by atoms with E-state index in [0.29, 0.717) is 12.1 Å². The average Bonchev–Trinajstić information content (AvgIpc) is 2.37. The van der Waals surface area contributed by atoms with Gasteiger partial charge in [0.2, 0.25) is 0 Å². The lowest BCUT2D eigenvalue weighted by Gasteiger charge is -2.36. The van der Waals surface area contributed by atoms with E-state index in [1.165, 1.54) is 64.2 Å². The van der Waals surface area contributed by atoms with Gasteiger partial charge in [0.05, 0.1) is 0 Å². The van der Waals surface area contributed by atoms with Gasteiger partial charge >= 0.3 is 0 Å². The van der Waals surface area contributed by atoms with Crippen LogP contribution in [0.1, 0.15) is 71.1 Å². The highest BCUT2D eigenvalue weighted by Gasteiger charge is 2.26. The maximum Gasteiger partial charge on any atom is 0.00953 e. The number of nitrogens with one attached hydrogen (secondary N) is 1. The monoisotopic (exact) mass is 238 g/mol. The second-order valence-electron chi connectivity index (χ2n) is 6.20. The van der Waals surface area contributed by atoms with Crippen LogP contribution in [0.4, 0.5) is 0 Å². The molecule has 0 bridgehead atoms. The lowest BCUT2D eigenvalue weighted by atomic mass is 9.81. The molecule has 0 aromatic heterocycles. The van der Waals surface area contributed by atoms with Crippen LogP contribution in [0.3, 0.4) is 0 Å². The van der Waals surface area contributed by atoms with E-state index in [2.05, 4.69) is 12.2 Å². The molecule has 0 aliphatic heterocycles. The van der Waals surface area contributed by atoms with Crippen LogP contribution in [0.15, 0.2) is 0 Å². The van der Waals surface area contributed by atoms with Gasteiger partial charge in [-0.2, -0.15) is 0 Å². The summed E-state index contributed by atoms with van der Waals surface area (Å²) in [6, 6.07) is 1.90. The minimum absolute atomic E-state index is 0.449. The number of hydrogen-bond donors (Lipinski definition) is 2. The van der Waals surface area contributed by atoms with Crippen LogP contribution in [0.5, 0.6) is 0 Å². The fraction of sp³-hybridized carbons (Fsp3) is 1.00. The van der Waals surface area contributed by atoms with Gasteiger partial charge in [0.25, 0.3) is 0 Å². The van der Waals surface area contributed by atoms with E-state index in [0.717, 1.165) is 12.0 Å². The first-order valence-corrected chi connectivity index (χ1v) is 7.81. The van der Waals surface area contributed by atoms with Gasteiger partial charge in [0, 0.05) is 18.1 Å². The molecule has 3 atom stereocenters. The van der Waals surface area contributed by atoms with Gasteiger partial charge in [-0.3, -0.25) is 0 Å². The van der Waals surface area contributed by atoms with E-state index in [-0.39, 0.29) is 0 Å². The van der Waals surface area contributed by atoms with E-state index in [9.17, 15) is 0 Å². The summed E-state index contributed by atoms with van der Waals surface area (Å²) in [5, 5.41) is 3.93. The van der Waals surface area contributed by atoms with Crippen molar-refractivity contribution in [2.75, 3.05) is 0 Å². The Bertz CT molecular complexity index is 211. The van der Waals surface area contributed by atoms with Crippen molar-refractivity contribution in [1.82, 2.24) is 5.32 Å². The Balaban J connectivity index is 1.81. The molecule has 2 fully saturated rings. The Morgan fingerprint density at radius 2 is 1.82 bits per heavy atom. The zero-order valence-corrected chi connectivity index (χ0v) is 11.5. The Labute approximate surface area is 107 Å². The molecule has 0 heterocycles. The summed E-state index contributed by atoms with van der Waals surface area (Å²) < 4.78 is 0. The van der Waals surface area contributed by atoms with Crippen molar-refractivity contribution in [3.05, 3.63) is 0 Å². The minimum atomic E-state index is 0.449. The Kier molecular flexibility index (Phi) is 5.30. The minimum Gasteiger partial charge on any atom is -0.328 e. The summed E-state index contributed by atoms with van der Waals surface area (Å²) >= 11 is 0. The van der Waals surface area contributed by atoms with Gasteiger partial charge in [0.15, 0.2) is 0 Å². The molecule has 0 aromatic rings. The lowest BCUT2D eigenvalue weighted by molar-refractivity contribution is 0.221. The van der Waals surface area contributed by atoms with E-state index in [4.69, 9.17) is 5.73 Å². The molecule has 2 rings (SSSR count). The first kappa shape index (κ1) is 13.4. The third kappa shape index (κ3) is 3.96. The Morgan fingerprint density at radius 3 is 2.47 bits per heavy atom. The predicted molar refractivity (Wildman–Crippen MR) is 74.0 cm³/mol. The standard InChI is InChI=1S/C15H30N2/c1-2-15(12-7-4-3-5-8-12)17-14-10-6-9-13(16)11-14/h12-15,17H,2-11,16H2,1H3. The molecular formula is C15H30N2. The van der Waals surface area contributed by atoms with Crippen LogP contribution in [-0.2, 0) is 0 Å². The van der Waals surface area contributed by atoms with E-state index < -0.39 is 0 Å². The molecule has 2 saturated carbocycles.